The van der Waals surface area contributed by atoms with Crippen molar-refractivity contribution >= 4 is 68.3 Å². The Bertz CT molecular complexity index is 1420. The molecular weight excluding hydrogens is 584 g/mol. The van der Waals surface area contributed by atoms with Crippen LogP contribution in [0.1, 0.15) is 32.8 Å². The molecule has 0 radical (unpaired) electrons. The number of carbonyl (C=O) groups is 3. The molecule has 38 heavy (non-hydrogen) atoms. The van der Waals surface area contributed by atoms with E-state index in [9.17, 15) is 19.5 Å². The van der Waals surface area contributed by atoms with E-state index in [4.69, 9.17) is 22.1 Å². The second kappa shape index (κ2) is 10.3. The van der Waals surface area contributed by atoms with Gasteiger partial charge in [0, 0.05) is 27.3 Å². The van der Waals surface area contributed by atoms with Crippen molar-refractivity contribution in [2.45, 2.75) is 44.9 Å². The van der Waals surface area contributed by atoms with E-state index in [0.717, 1.165) is 5.56 Å². The number of carbonyl (C=O) groups excluding carboxylic acids is 2. The minimum Gasteiger partial charge on any atom is -0.465 e. The summed E-state index contributed by atoms with van der Waals surface area (Å²) in [7, 11) is 0. The molecule has 0 bridgehead atoms. The SMILES string of the molecule is CC(C)(C)OC(=O)Nc1ncnc2c1ncn2Cc1c(Br)cc(Cl)cc1N1CCC(NC(=O)O)(C(N)=O)C1. The predicted molar refractivity (Wildman–Crippen MR) is 143 cm³/mol. The molecule has 2 aromatic heterocycles. The molecule has 5 N–H and O–H groups in total. The fourth-order valence-electron chi connectivity index (χ4n) is 4.27. The number of nitrogens with two attached hydrogens (primary N) is 1. The summed E-state index contributed by atoms with van der Waals surface area (Å²) in [6, 6.07) is 3.47. The first-order valence-electron chi connectivity index (χ1n) is 11.5. The molecule has 1 saturated heterocycles. The zero-order valence-corrected chi connectivity index (χ0v) is 23.1. The molecule has 15 heteroatoms. The smallest absolute Gasteiger partial charge is 0.413 e. The van der Waals surface area contributed by atoms with Crippen molar-refractivity contribution in [2.75, 3.05) is 23.3 Å². The van der Waals surface area contributed by atoms with Gasteiger partial charge in [-0.3, -0.25) is 10.1 Å². The standard InChI is InChI=1S/C23H26BrClN8O5/c1-22(2,3)38-21(37)30-17-16-18(28-10-27-17)33(11-29-16)8-13-14(24)6-12(25)7-15(13)32-5-4-23(9-32,19(26)34)31-20(35)36/h6-7,10-11,31H,4-5,8-9H2,1-3H3,(H2,26,34)(H,35,36)(H,27,28,30,37). The largest absolute Gasteiger partial charge is 0.465 e. The van der Waals surface area contributed by atoms with Gasteiger partial charge in [-0.15, -0.1) is 0 Å². The Morgan fingerprint density at radius 2 is 2.00 bits per heavy atom. The zero-order chi connectivity index (χ0) is 27.8. The van der Waals surface area contributed by atoms with E-state index in [1.165, 1.54) is 6.33 Å². The number of nitrogens with one attached hydrogen (secondary N) is 2. The third kappa shape index (κ3) is 5.75. The molecule has 3 amide bonds. The first kappa shape index (κ1) is 27.4. The van der Waals surface area contributed by atoms with Crippen LogP contribution in [0.25, 0.3) is 11.2 Å². The molecule has 1 aliphatic rings. The highest BCUT2D eigenvalue weighted by Gasteiger charge is 2.45. The number of amides is 3. The minimum absolute atomic E-state index is 0.0330. The van der Waals surface area contributed by atoms with Crippen molar-refractivity contribution in [3.05, 3.63) is 39.8 Å². The van der Waals surface area contributed by atoms with E-state index in [1.807, 2.05) is 4.90 Å². The van der Waals surface area contributed by atoms with Gasteiger partial charge in [0.05, 0.1) is 19.4 Å². The minimum atomic E-state index is -1.44. The van der Waals surface area contributed by atoms with E-state index < -0.39 is 29.2 Å². The van der Waals surface area contributed by atoms with E-state index in [-0.39, 0.29) is 25.3 Å². The molecule has 1 unspecified atom stereocenters. The van der Waals surface area contributed by atoms with Gasteiger partial charge in [0.2, 0.25) is 5.91 Å². The lowest BCUT2D eigenvalue weighted by atomic mass is 9.98. The maximum absolute atomic E-state index is 12.3. The number of carboxylic acid groups (broad SMARTS) is 1. The average Bonchev–Trinajstić information content (AvgIpc) is 3.39. The molecule has 3 heterocycles. The normalized spacial score (nSPS) is 17.4. The molecular formula is C23H26BrClN8O5. The maximum atomic E-state index is 12.3. The number of halogens is 2. The molecule has 0 spiro atoms. The summed E-state index contributed by atoms with van der Waals surface area (Å²) in [5.41, 5.74) is 5.75. The topological polar surface area (TPSA) is 178 Å². The molecule has 1 aromatic carbocycles. The molecule has 13 nitrogen and oxygen atoms in total. The van der Waals surface area contributed by atoms with Crippen LogP contribution in [0.2, 0.25) is 5.02 Å². The molecule has 4 rings (SSSR count). The lowest BCUT2D eigenvalue weighted by Crippen LogP contribution is -2.58. The highest BCUT2D eigenvalue weighted by Crippen LogP contribution is 2.37. The lowest BCUT2D eigenvalue weighted by molar-refractivity contribution is -0.123. The van der Waals surface area contributed by atoms with Crippen molar-refractivity contribution in [3.63, 3.8) is 0 Å². The van der Waals surface area contributed by atoms with Crippen LogP contribution >= 0.6 is 27.5 Å². The van der Waals surface area contributed by atoms with Crippen LogP contribution in [0.3, 0.4) is 0 Å². The quantitative estimate of drug-likeness (QED) is 0.326. The summed E-state index contributed by atoms with van der Waals surface area (Å²) in [6.07, 6.45) is 1.06. The second-order valence-electron chi connectivity index (χ2n) is 9.83. The van der Waals surface area contributed by atoms with Crippen LogP contribution in [0.4, 0.5) is 21.1 Å². The van der Waals surface area contributed by atoms with Crippen LogP contribution in [-0.4, -0.2) is 66.9 Å². The first-order chi connectivity index (χ1) is 17.8. The maximum Gasteiger partial charge on any atom is 0.413 e. The van der Waals surface area contributed by atoms with E-state index in [2.05, 4.69) is 41.5 Å². The number of hydrogen-bond acceptors (Lipinski definition) is 8. The van der Waals surface area contributed by atoms with Gasteiger partial charge in [0.15, 0.2) is 17.0 Å². The fraction of sp³-hybridized carbons (Fsp3) is 0.391. The number of ether oxygens (including phenoxy) is 1. The lowest BCUT2D eigenvalue weighted by Gasteiger charge is -2.28. The average molecular weight is 610 g/mol. The number of aromatic nitrogens is 4. The molecule has 1 fully saturated rings. The van der Waals surface area contributed by atoms with E-state index >= 15 is 0 Å². The summed E-state index contributed by atoms with van der Waals surface area (Å²) in [6.45, 7) is 5.93. The Morgan fingerprint density at radius 1 is 1.26 bits per heavy atom. The van der Waals surface area contributed by atoms with Crippen LogP contribution in [0.15, 0.2) is 29.3 Å². The summed E-state index contributed by atoms with van der Waals surface area (Å²) >= 11 is 9.94. The van der Waals surface area contributed by atoms with Gasteiger partial charge in [-0.25, -0.2) is 24.5 Å². The third-order valence-corrected chi connectivity index (χ3v) is 6.84. The monoisotopic (exact) mass is 608 g/mol. The van der Waals surface area contributed by atoms with Gasteiger partial charge in [-0.05, 0) is 39.3 Å². The summed E-state index contributed by atoms with van der Waals surface area (Å²) in [4.78, 5) is 50.6. The number of anilines is 2. The number of nitrogens with zero attached hydrogens (tertiary/aromatic N) is 5. The number of fused-ring (bicyclic) bond motifs is 1. The Kier molecular flexibility index (Phi) is 7.39. The molecule has 0 saturated carbocycles. The van der Waals surface area contributed by atoms with Crippen molar-refractivity contribution in [2.24, 2.45) is 5.73 Å². The molecule has 1 atom stereocenters. The molecule has 3 aromatic rings. The summed E-state index contributed by atoms with van der Waals surface area (Å²) < 4.78 is 7.76. The molecule has 1 aliphatic heterocycles. The van der Waals surface area contributed by atoms with Gasteiger partial charge in [0.1, 0.15) is 17.5 Å². The van der Waals surface area contributed by atoms with E-state index in [1.54, 1.807) is 43.8 Å². The summed E-state index contributed by atoms with van der Waals surface area (Å²) in [5, 5.41) is 14.6. The highest BCUT2D eigenvalue weighted by atomic mass is 79.9. The van der Waals surface area contributed by atoms with Crippen LogP contribution < -0.4 is 21.3 Å². The third-order valence-electron chi connectivity index (χ3n) is 5.91. The van der Waals surface area contributed by atoms with Crippen molar-refractivity contribution in [1.82, 2.24) is 24.8 Å². The Hall–Kier alpha value is -3.65. The fourth-order valence-corrected chi connectivity index (χ4v) is 5.19. The Balaban J connectivity index is 1.67. The van der Waals surface area contributed by atoms with Crippen molar-refractivity contribution < 1.29 is 24.2 Å². The highest BCUT2D eigenvalue weighted by molar-refractivity contribution is 9.10. The number of benzene rings is 1. The van der Waals surface area contributed by atoms with Crippen LogP contribution in [0, 0.1) is 0 Å². The van der Waals surface area contributed by atoms with Gasteiger partial charge in [0.25, 0.3) is 0 Å². The number of hydrogen-bond donors (Lipinski definition) is 4. The zero-order valence-electron chi connectivity index (χ0n) is 20.8. The van der Waals surface area contributed by atoms with Crippen molar-refractivity contribution in [1.29, 1.82) is 0 Å². The van der Waals surface area contributed by atoms with Gasteiger partial charge in [-0.1, -0.05) is 27.5 Å². The number of imidazole rings is 1. The first-order valence-corrected chi connectivity index (χ1v) is 12.6. The van der Waals surface area contributed by atoms with Crippen LogP contribution in [0.5, 0.6) is 0 Å². The molecule has 202 valence electrons. The predicted octanol–water partition coefficient (Wildman–Crippen LogP) is 3.34. The van der Waals surface area contributed by atoms with Gasteiger partial charge < -0.3 is 30.4 Å². The van der Waals surface area contributed by atoms with Gasteiger partial charge >= 0.3 is 12.2 Å². The Morgan fingerprint density at radius 3 is 2.66 bits per heavy atom. The van der Waals surface area contributed by atoms with E-state index in [0.29, 0.717) is 32.9 Å². The number of rotatable bonds is 6. The van der Waals surface area contributed by atoms with Gasteiger partial charge in [-0.2, -0.15) is 0 Å². The summed E-state index contributed by atoms with van der Waals surface area (Å²) in [5.74, 6) is -0.559. The Labute approximate surface area is 230 Å². The molecule has 0 aliphatic carbocycles. The van der Waals surface area contributed by atoms with Crippen molar-refractivity contribution in [3.8, 4) is 0 Å². The second-order valence-corrected chi connectivity index (χ2v) is 11.1. The number of primary amides is 1. The van der Waals surface area contributed by atoms with Crippen LogP contribution in [-0.2, 0) is 16.1 Å².